The highest BCUT2D eigenvalue weighted by atomic mass is 32.2. The maximum absolute atomic E-state index is 10.7. The molecule has 0 radical (unpaired) electrons. The Morgan fingerprint density at radius 2 is 2.08 bits per heavy atom. The van der Waals surface area contributed by atoms with E-state index >= 15 is 0 Å². The molecule has 0 aromatic heterocycles. The third-order valence-electron chi connectivity index (χ3n) is 1.60. The van der Waals surface area contributed by atoms with Gasteiger partial charge in [0, 0.05) is 0 Å². The Kier molecular flexibility index (Phi) is 2.49. The molecule has 0 spiro atoms. The van der Waals surface area contributed by atoms with Crippen molar-refractivity contribution in [3.63, 3.8) is 0 Å². The number of benzene rings is 1. The summed E-state index contributed by atoms with van der Waals surface area (Å²) < 4.78 is 30.0. The Balaban J connectivity index is 3.20. The van der Waals surface area contributed by atoms with Crippen molar-refractivity contribution in [1.29, 1.82) is 0 Å². The van der Waals surface area contributed by atoms with Crippen LogP contribution in [-0.2, 0) is 16.5 Å². The van der Waals surface area contributed by atoms with Crippen LogP contribution in [0, 0.1) is 0 Å². The van der Waals surface area contributed by atoms with E-state index in [1.165, 1.54) is 12.1 Å². The Morgan fingerprint density at radius 3 is 2.58 bits per heavy atom. The van der Waals surface area contributed by atoms with Crippen LogP contribution in [0.4, 0.5) is 0 Å². The van der Waals surface area contributed by atoms with Gasteiger partial charge < -0.3 is 0 Å². The van der Waals surface area contributed by atoms with Gasteiger partial charge in [0.1, 0.15) is 0 Å². The van der Waals surface area contributed by atoms with E-state index in [1.54, 1.807) is 6.07 Å². The van der Waals surface area contributed by atoms with E-state index in [2.05, 4.69) is 0 Å². The van der Waals surface area contributed by atoms with Crippen molar-refractivity contribution in [2.24, 2.45) is 0 Å². The Morgan fingerprint density at radius 1 is 1.42 bits per heavy atom. The molecule has 0 amide bonds. The minimum Gasteiger partial charge on any atom is -0.282 e. The van der Waals surface area contributed by atoms with Gasteiger partial charge in [-0.25, -0.2) is 0 Å². The Bertz CT molecular complexity index is 368. The van der Waals surface area contributed by atoms with Gasteiger partial charge >= 0.3 is 0 Å². The van der Waals surface area contributed by atoms with Gasteiger partial charge in [0.2, 0.25) is 0 Å². The van der Waals surface area contributed by atoms with E-state index in [1.807, 2.05) is 13.0 Å². The predicted octanol–water partition coefficient (Wildman–Crippen LogP) is 1.50. The molecule has 1 rings (SSSR count). The van der Waals surface area contributed by atoms with Crippen molar-refractivity contribution in [3.05, 3.63) is 29.8 Å². The third-order valence-corrected chi connectivity index (χ3v) is 2.45. The topological polar surface area (TPSA) is 54.4 Å². The number of hydrogen-bond acceptors (Lipinski definition) is 2. The highest BCUT2D eigenvalue weighted by Gasteiger charge is 2.08. The molecule has 4 heteroatoms. The van der Waals surface area contributed by atoms with Crippen LogP contribution in [0.2, 0.25) is 0 Å². The minimum absolute atomic E-state index is 0.0400. The fourth-order valence-electron chi connectivity index (χ4n) is 0.926. The highest BCUT2D eigenvalue weighted by molar-refractivity contribution is 7.85. The average molecular weight is 186 g/mol. The zero-order valence-corrected chi connectivity index (χ0v) is 7.50. The van der Waals surface area contributed by atoms with Crippen LogP contribution < -0.4 is 0 Å². The molecule has 0 heterocycles. The highest BCUT2D eigenvalue weighted by Crippen LogP contribution is 2.10. The van der Waals surface area contributed by atoms with Crippen LogP contribution in [0.5, 0.6) is 0 Å². The molecule has 1 aromatic rings. The molecule has 0 aliphatic carbocycles. The summed E-state index contributed by atoms with van der Waals surface area (Å²) >= 11 is 0. The molecule has 0 saturated carbocycles. The maximum Gasteiger partial charge on any atom is 0.294 e. The third kappa shape index (κ3) is 2.06. The summed E-state index contributed by atoms with van der Waals surface area (Å²) in [6.07, 6.45) is 0.753. The van der Waals surface area contributed by atoms with E-state index in [0.29, 0.717) is 0 Å². The predicted molar refractivity (Wildman–Crippen MR) is 45.6 cm³/mol. The van der Waals surface area contributed by atoms with E-state index in [0.717, 1.165) is 12.0 Å². The summed E-state index contributed by atoms with van der Waals surface area (Å²) in [4.78, 5) is -0.0400. The first-order valence-corrected chi connectivity index (χ1v) is 5.04. The van der Waals surface area contributed by atoms with E-state index in [4.69, 9.17) is 4.55 Å². The summed E-state index contributed by atoms with van der Waals surface area (Å²) in [6.45, 7) is 1.92. The van der Waals surface area contributed by atoms with Crippen LogP contribution in [0.3, 0.4) is 0 Å². The molecule has 0 aliphatic heterocycles. The molecular weight excluding hydrogens is 176 g/mol. The van der Waals surface area contributed by atoms with Gasteiger partial charge in [-0.1, -0.05) is 19.1 Å². The number of rotatable bonds is 2. The van der Waals surface area contributed by atoms with Crippen molar-refractivity contribution >= 4 is 10.1 Å². The number of aryl methyl sites for hydroxylation is 1. The van der Waals surface area contributed by atoms with Gasteiger partial charge in [0.05, 0.1) is 4.90 Å². The smallest absolute Gasteiger partial charge is 0.282 e. The van der Waals surface area contributed by atoms with Gasteiger partial charge in [-0.2, -0.15) is 8.42 Å². The molecule has 12 heavy (non-hydrogen) atoms. The average Bonchev–Trinajstić information content (AvgIpc) is 2.03. The lowest BCUT2D eigenvalue weighted by Crippen LogP contribution is -1.98. The molecule has 0 aliphatic rings. The van der Waals surface area contributed by atoms with Crippen molar-refractivity contribution in [1.82, 2.24) is 0 Å². The normalized spacial score (nSPS) is 11.5. The van der Waals surface area contributed by atoms with E-state index in [9.17, 15) is 8.42 Å². The van der Waals surface area contributed by atoms with Crippen LogP contribution in [0.1, 0.15) is 12.5 Å². The Labute approximate surface area is 71.8 Å². The van der Waals surface area contributed by atoms with Gasteiger partial charge in [-0.05, 0) is 24.1 Å². The van der Waals surface area contributed by atoms with E-state index < -0.39 is 10.1 Å². The first-order valence-electron chi connectivity index (χ1n) is 3.60. The lowest BCUT2D eigenvalue weighted by Gasteiger charge is -1.98. The molecule has 0 saturated heterocycles. The van der Waals surface area contributed by atoms with Gasteiger partial charge in [-0.3, -0.25) is 4.55 Å². The second-order valence-corrected chi connectivity index (χ2v) is 3.90. The summed E-state index contributed by atoms with van der Waals surface area (Å²) in [5, 5.41) is 0. The van der Waals surface area contributed by atoms with Crippen molar-refractivity contribution in [2.75, 3.05) is 0 Å². The lowest BCUT2D eigenvalue weighted by atomic mass is 10.2. The van der Waals surface area contributed by atoms with Crippen LogP contribution in [0.25, 0.3) is 0 Å². The van der Waals surface area contributed by atoms with Crippen molar-refractivity contribution in [2.45, 2.75) is 18.2 Å². The summed E-state index contributed by atoms with van der Waals surface area (Å²) in [5.41, 5.74) is 0.894. The largest absolute Gasteiger partial charge is 0.294 e. The molecule has 3 nitrogen and oxygen atoms in total. The monoisotopic (exact) mass is 186 g/mol. The standard InChI is InChI=1S/C8H10O3S/c1-2-7-4-3-5-8(6-7)12(9,10)11/h3-6H,2H2,1H3,(H,9,10,11). The maximum atomic E-state index is 10.7. The van der Waals surface area contributed by atoms with Crippen molar-refractivity contribution < 1.29 is 13.0 Å². The van der Waals surface area contributed by atoms with Gasteiger partial charge in [0.25, 0.3) is 10.1 Å². The van der Waals surface area contributed by atoms with Crippen LogP contribution in [0.15, 0.2) is 29.2 Å². The van der Waals surface area contributed by atoms with Crippen LogP contribution in [-0.4, -0.2) is 13.0 Å². The fraction of sp³-hybridized carbons (Fsp3) is 0.250. The zero-order chi connectivity index (χ0) is 9.19. The molecule has 66 valence electrons. The minimum atomic E-state index is -4.04. The molecular formula is C8H10O3S. The van der Waals surface area contributed by atoms with Crippen molar-refractivity contribution in [3.8, 4) is 0 Å². The molecule has 0 bridgehead atoms. The molecule has 0 fully saturated rings. The molecule has 0 unspecified atom stereocenters. The van der Waals surface area contributed by atoms with Crippen LogP contribution >= 0.6 is 0 Å². The first-order chi connectivity index (χ1) is 5.54. The molecule has 1 aromatic carbocycles. The Hall–Kier alpha value is -0.870. The fourth-order valence-corrected chi connectivity index (χ4v) is 1.48. The van der Waals surface area contributed by atoms with E-state index in [-0.39, 0.29) is 4.90 Å². The summed E-state index contributed by atoms with van der Waals surface area (Å²) in [7, 11) is -4.04. The number of hydrogen-bond donors (Lipinski definition) is 1. The summed E-state index contributed by atoms with van der Waals surface area (Å²) in [5.74, 6) is 0. The zero-order valence-electron chi connectivity index (χ0n) is 6.69. The molecule has 0 atom stereocenters. The molecule has 1 N–H and O–H groups in total. The lowest BCUT2D eigenvalue weighted by molar-refractivity contribution is 0.483. The second kappa shape index (κ2) is 3.25. The quantitative estimate of drug-likeness (QED) is 0.712. The van der Waals surface area contributed by atoms with Gasteiger partial charge in [-0.15, -0.1) is 0 Å². The first kappa shape index (κ1) is 9.22. The second-order valence-electron chi connectivity index (χ2n) is 2.48. The van der Waals surface area contributed by atoms with Gasteiger partial charge in [0.15, 0.2) is 0 Å². The SMILES string of the molecule is CCc1cccc(S(=O)(=O)O)c1. The summed E-state index contributed by atoms with van der Waals surface area (Å²) in [6, 6.07) is 6.26.